The summed E-state index contributed by atoms with van der Waals surface area (Å²) < 4.78 is 3.05. The summed E-state index contributed by atoms with van der Waals surface area (Å²) in [7, 11) is 0. The molecule has 0 aliphatic rings. The van der Waals surface area contributed by atoms with Crippen molar-refractivity contribution in [1.29, 1.82) is 0 Å². The minimum Gasteiger partial charge on any atom is -0.293 e. The van der Waals surface area contributed by atoms with Crippen LogP contribution in [0.3, 0.4) is 0 Å². The molecule has 4 aromatic rings. The van der Waals surface area contributed by atoms with Gasteiger partial charge in [-0.15, -0.1) is 0 Å². The molecule has 0 aliphatic heterocycles. The average molecular weight is 318 g/mol. The van der Waals surface area contributed by atoms with Gasteiger partial charge in [0.1, 0.15) is 5.39 Å². The van der Waals surface area contributed by atoms with Crippen molar-refractivity contribution < 1.29 is 0 Å². The molecule has 0 aliphatic carbocycles. The number of anilines is 1. The Bertz CT molecular complexity index is 1050. The maximum absolute atomic E-state index is 12.9. The van der Waals surface area contributed by atoms with Crippen LogP contribution in [0.2, 0.25) is 0 Å². The van der Waals surface area contributed by atoms with Gasteiger partial charge in [-0.25, -0.2) is 15.1 Å². The number of nitrogens with zero attached hydrogens (tertiary/aromatic N) is 4. The van der Waals surface area contributed by atoms with E-state index in [2.05, 4.69) is 15.5 Å². The SMILES string of the molecule is NNc1nc2c(cnn2-c2ccccc2)c(=O)n1-c1ccccc1. The van der Waals surface area contributed by atoms with Gasteiger partial charge in [0.25, 0.3) is 5.56 Å². The molecule has 0 atom stereocenters. The highest BCUT2D eigenvalue weighted by molar-refractivity contribution is 5.77. The van der Waals surface area contributed by atoms with Gasteiger partial charge >= 0.3 is 0 Å². The summed E-state index contributed by atoms with van der Waals surface area (Å²) in [6.45, 7) is 0. The number of rotatable bonds is 3. The fourth-order valence-electron chi connectivity index (χ4n) is 2.64. The van der Waals surface area contributed by atoms with Crippen molar-refractivity contribution >= 4 is 17.0 Å². The molecule has 0 radical (unpaired) electrons. The van der Waals surface area contributed by atoms with E-state index in [1.807, 2.05) is 60.7 Å². The Morgan fingerprint density at radius 1 is 0.917 bits per heavy atom. The third kappa shape index (κ3) is 2.15. The Balaban J connectivity index is 2.02. The van der Waals surface area contributed by atoms with E-state index in [1.165, 1.54) is 10.8 Å². The number of hydrogen-bond donors (Lipinski definition) is 2. The van der Waals surface area contributed by atoms with Gasteiger partial charge in [-0.3, -0.25) is 10.2 Å². The maximum atomic E-state index is 12.9. The molecule has 7 heteroatoms. The van der Waals surface area contributed by atoms with Crippen molar-refractivity contribution in [2.75, 3.05) is 5.43 Å². The van der Waals surface area contributed by atoms with Gasteiger partial charge in [0.05, 0.1) is 17.6 Å². The first kappa shape index (κ1) is 14.2. The Morgan fingerprint density at radius 3 is 2.17 bits per heavy atom. The molecule has 3 N–H and O–H groups in total. The summed E-state index contributed by atoms with van der Waals surface area (Å²) in [4.78, 5) is 17.4. The van der Waals surface area contributed by atoms with E-state index in [-0.39, 0.29) is 11.5 Å². The average Bonchev–Trinajstić information content (AvgIpc) is 3.07. The second kappa shape index (κ2) is 5.64. The van der Waals surface area contributed by atoms with E-state index in [4.69, 9.17) is 5.84 Å². The first-order valence-electron chi connectivity index (χ1n) is 7.38. The molecule has 2 aromatic heterocycles. The van der Waals surface area contributed by atoms with Crippen LogP contribution < -0.4 is 16.8 Å². The van der Waals surface area contributed by atoms with Gasteiger partial charge in [0.2, 0.25) is 5.95 Å². The molecule has 4 rings (SSSR count). The monoisotopic (exact) mass is 318 g/mol. The highest BCUT2D eigenvalue weighted by Crippen LogP contribution is 2.18. The molecule has 2 heterocycles. The molecule has 0 saturated carbocycles. The van der Waals surface area contributed by atoms with Gasteiger partial charge in [0, 0.05) is 0 Å². The fraction of sp³-hybridized carbons (Fsp3) is 0. The molecule has 7 nitrogen and oxygen atoms in total. The van der Waals surface area contributed by atoms with E-state index in [0.717, 1.165) is 5.69 Å². The Labute approximate surface area is 137 Å². The minimum atomic E-state index is -0.235. The highest BCUT2D eigenvalue weighted by atomic mass is 16.1. The van der Waals surface area contributed by atoms with Crippen LogP contribution in [0, 0.1) is 0 Å². The van der Waals surface area contributed by atoms with E-state index >= 15 is 0 Å². The zero-order chi connectivity index (χ0) is 16.5. The summed E-state index contributed by atoms with van der Waals surface area (Å²) in [5.74, 6) is 5.85. The van der Waals surface area contributed by atoms with Crippen molar-refractivity contribution in [2.24, 2.45) is 5.84 Å². The van der Waals surface area contributed by atoms with Gasteiger partial charge < -0.3 is 0 Å². The number of nitrogens with two attached hydrogens (primary N) is 1. The second-order valence-corrected chi connectivity index (χ2v) is 5.19. The van der Waals surface area contributed by atoms with Crippen molar-refractivity contribution in [1.82, 2.24) is 19.3 Å². The van der Waals surface area contributed by atoms with Crippen LogP contribution in [-0.2, 0) is 0 Å². The molecule has 118 valence electrons. The molecule has 2 aromatic carbocycles. The van der Waals surface area contributed by atoms with Crippen LogP contribution in [0.5, 0.6) is 0 Å². The maximum Gasteiger partial charge on any atom is 0.270 e. The summed E-state index contributed by atoms with van der Waals surface area (Å²) in [6, 6.07) is 18.7. The molecule has 0 unspecified atom stereocenters. The zero-order valence-corrected chi connectivity index (χ0v) is 12.6. The first-order valence-corrected chi connectivity index (χ1v) is 7.38. The van der Waals surface area contributed by atoms with Crippen molar-refractivity contribution in [3.05, 3.63) is 77.2 Å². The predicted molar refractivity (Wildman–Crippen MR) is 92.3 cm³/mol. The molecule has 24 heavy (non-hydrogen) atoms. The third-order valence-electron chi connectivity index (χ3n) is 3.75. The number of nitrogen functional groups attached to an aromatic ring is 1. The second-order valence-electron chi connectivity index (χ2n) is 5.19. The lowest BCUT2D eigenvalue weighted by Crippen LogP contribution is -2.26. The lowest BCUT2D eigenvalue weighted by molar-refractivity contribution is 0.885. The smallest absolute Gasteiger partial charge is 0.270 e. The number of aromatic nitrogens is 4. The summed E-state index contributed by atoms with van der Waals surface area (Å²) in [5, 5.41) is 4.73. The van der Waals surface area contributed by atoms with Crippen LogP contribution in [-0.4, -0.2) is 19.3 Å². The van der Waals surface area contributed by atoms with Gasteiger partial charge in [-0.1, -0.05) is 36.4 Å². The largest absolute Gasteiger partial charge is 0.293 e. The summed E-state index contributed by atoms with van der Waals surface area (Å²) in [5.41, 5.74) is 4.22. The topological polar surface area (TPSA) is 90.8 Å². The lowest BCUT2D eigenvalue weighted by atomic mass is 10.3. The third-order valence-corrected chi connectivity index (χ3v) is 3.75. The molecule has 0 fully saturated rings. The molecule has 0 bridgehead atoms. The van der Waals surface area contributed by atoms with E-state index < -0.39 is 0 Å². The normalized spacial score (nSPS) is 10.9. The van der Waals surface area contributed by atoms with Gasteiger partial charge in [0.15, 0.2) is 5.65 Å². The van der Waals surface area contributed by atoms with Crippen LogP contribution >= 0.6 is 0 Å². The number of hydrogen-bond acceptors (Lipinski definition) is 5. The quantitative estimate of drug-likeness (QED) is 0.444. The van der Waals surface area contributed by atoms with Crippen LogP contribution in [0.4, 0.5) is 5.95 Å². The predicted octanol–water partition coefficient (Wildman–Crippen LogP) is 1.86. The van der Waals surface area contributed by atoms with E-state index in [0.29, 0.717) is 16.7 Å². The Hall–Kier alpha value is -3.45. The summed E-state index contributed by atoms with van der Waals surface area (Å²) >= 11 is 0. The number of hydrazine groups is 1. The van der Waals surface area contributed by atoms with Crippen molar-refractivity contribution in [3.63, 3.8) is 0 Å². The molecular formula is C17H14N6O. The van der Waals surface area contributed by atoms with Crippen LogP contribution in [0.15, 0.2) is 71.7 Å². The molecule has 0 spiro atoms. The first-order chi connectivity index (χ1) is 11.8. The van der Waals surface area contributed by atoms with Crippen LogP contribution in [0.25, 0.3) is 22.4 Å². The minimum absolute atomic E-state index is 0.235. The standard InChI is InChI=1S/C17H14N6O/c18-21-17-20-15-14(11-19-23(15)13-9-5-2-6-10-13)16(24)22(17)12-7-3-1-4-8-12/h1-11H,18H2,(H,20,21). The van der Waals surface area contributed by atoms with Crippen LogP contribution in [0.1, 0.15) is 0 Å². The number of para-hydroxylation sites is 2. The molecule has 0 amide bonds. The number of fused-ring (bicyclic) bond motifs is 1. The lowest BCUT2D eigenvalue weighted by Gasteiger charge is -2.12. The van der Waals surface area contributed by atoms with Crippen molar-refractivity contribution in [2.45, 2.75) is 0 Å². The fourth-order valence-corrected chi connectivity index (χ4v) is 2.64. The Morgan fingerprint density at radius 2 is 1.54 bits per heavy atom. The Kier molecular flexibility index (Phi) is 3.33. The van der Waals surface area contributed by atoms with E-state index in [9.17, 15) is 4.79 Å². The number of nitrogens with one attached hydrogen (secondary N) is 1. The van der Waals surface area contributed by atoms with Crippen molar-refractivity contribution in [3.8, 4) is 11.4 Å². The molecular weight excluding hydrogens is 304 g/mol. The van der Waals surface area contributed by atoms with E-state index in [1.54, 1.807) is 4.68 Å². The summed E-state index contributed by atoms with van der Waals surface area (Å²) in [6.07, 6.45) is 1.53. The highest BCUT2D eigenvalue weighted by Gasteiger charge is 2.16. The number of benzene rings is 2. The van der Waals surface area contributed by atoms with Gasteiger partial charge in [-0.2, -0.15) is 10.1 Å². The zero-order valence-electron chi connectivity index (χ0n) is 12.6. The molecule has 0 saturated heterocycles. The van der Waals surface area contributed by atoms with Gasteiger partial charge in [-0.05, 0) is 24.3 Å².